The number of hydrogen-bond donors (Lipinski definition) is 2. The minimum absolute atomic E-state index is 0.00298. The monoisotopic (exact) mass is 1420 g/mol. The van der Waals surface area contributed by atoms with Crippen molar-refractivity contribution in [1.29, 1.82) is 0 Å². The fraction of sp³-hybridized carbons (Fsp3) is 0.342. The fourth-order valence-corrected chi connectivity index (χ4v) is 8.30. The second kappa shape index (κ2) is 48.9. The van der Waals surface area contributed by atoms with Gasteiger partial charge in [-0.15, -0.1) is 0 Å². The van der Waals surface area contributed by atoms with E-state index in [-0.39, 0.29) is 173 Å². The predicted octanol–water partition coefficient (Wildman–Crippen LogP) is 7.68. The lowest BCUT2D eigenvalue weighted by molar-refractivity contribution is -0.145. The van der Waals surface area contributed by atoms with Gasteiger partial charge >= 0.3 is 53.8 Å². The van der Waals surface area contributed by atoms with E-state index in [0.717, 1.165) is 0 Å². The average molecular weight is 1430 g/mol. The van der Waals surface area contributed by atoms with E-state index in [4.69, 9.17) is 61.6 Å². The number of rotatable bonds is 44. The van der Waals surface area contributed by atoms with Crippen LogP contribution in [0.25, 0.3) is 0 Å². The summed E-state index contributed by atoms with van der Waals surface area (Å²) in [5.74, 6) is -4.36. The highest BCUT2D eigenvalue weighted by molar-refractivity contribution is 5.94. The van der Waals surface area contributed by atoms with E-state index in [0.29, 0.717) is 51.4 Å². The van der Waals surface area contributed by atoms with Crippen molar-refractivity contribution >= 4 is 94.8 Å². The number of ether oxygens (including phenoxy) is 13. The Morgan fingerprint density at radius 3 is 0.816 bits per heavy atom. The van der Waals surface area contributed by atoms with Gasteiger partial charge < -0.3 is 66.7 Å². The number of aliphatic hydroxyl groups excluding tert-OH is 1. The number of nitrogens with one attached hydrogen (secondary N) is 1. The molecule has 0 saturated heterocycles. The van der Waals surface area contributed by atoms with Crippen LogP contribution in [0.5, 0.6) is 0 Å². The number of carbonyl (C=O) groups excluding carboxylic acids is 12. The Kier molecular flexibility index (Phi) is 38.9. The molecule has 0 radical (unpaired) electrons. The minimum atomic E-state index is -0.634. The molecule has 0 saturated carbocycles. The van der Waals surface area contributed by atoms with Crippen molar-refractivity contribution in [1.82, 2.24) is 0 Å². The highest BCUT2D eigenvalue weighted by atomic mass is 16.6. The summed E-state index contributed by atoms with van der Waals surface area (Å²) in [6.45, 7) is 2.65. The van der Waals surface area contributed by atoms with Crippen LogP contribution in [0.3, 0.4) is 0 Å². The van der Waals surface area contributed by atoms with Crippen LogP contribution in [-0.4, -0.2) is 196 Å². The number of aliphatic hydroxyl groups is 1. The molecule has 30 nitrogen and oxygen atoms in total. The summed E-state index contributed by atoms with van der Waals surface area (Å²) in [6, 6.07) is 37.5. The van der Waals surface area contributed by atoms with Crippen molar-refractivity contribution < 1.29 is 124 Å². The molecule has 1 atom stereocenters. The number of anilines is 1. The Hall–Kier alpha value is -11.7. The van der Waals surface area contributed by atoms with Gasteiger partial charge in [0, 0.05) is 18.2 Å². The van der Waals surface area contributed by atoms with E-state index in [9.17, 15) is 62.6 Å². The van der Waals surface area contributed by atoms with Crippen molar-refractivity contribution in [2.45, 2.75) is 39.0 Å². The van der Waals surface area contributed by atoms with Gasteiger partial charge in [0.05, 0.1) is 124 Å². The summed E-state index contributed by atoms with van der Waals surface area (Å²) in [7, 11) is 0. The summed E-state index contributed by atoms with van der Waals surface area (Å²) in [6.07, 6.45) is 4.54. The predicted molar refractivity (Wildman–Crippen MR) is 361 cm³/mol. The van der Waals surface area contributed by atoms with Gasteiger partial charge in [-0.1, -0.05) is 55.5 Å². The molecule has 1 unspecified atom stereocenters. The third kappa shape index (κ3) is 34.8. The quantitative estimate of drug-likeness (QED) is 0.0122. The number of nitrogens with zero attached hydrogens (tertiary/aromatic N) is 3. The van der Waals surface area contributed by atoms with Crippen LogP contribution < -0.4 is 5.32 Å². The molecule has 0 fully saturated rings. The first-order chi connectivity index (χ1) is 50.1. The average Bonchev–Trinajstić information content (AvgIpc) is 0.894. The first-order valence-electron chi connectivity index (χ1n) is 32.0. The van der Waals surface area contributed by atoms with Gasteiger partial charge in [-0.25, -0.2) is 38.4 Å². The number of carbonyl (C=O) groups is 9. The topological polar surface area (TPSA) is 394 Å². The molecule has 2 N–H and O–H groups in total. The number of hydrogen-bond acceptors (Lipinski definition) is 29. The van der Waals surface area contributed by atoms with Crippen molar-refractivity contribution in [3.05, 3.63) is 190 Å². The maximum Gasteiger partial charge on any atom is 0.411 e. The molecule has 6 rings (SSSR count). The molecule has 544 valence electrons. The van der Waals surface area contributed by atoms with Gasteiger partial charge in [0.25, 0.3) is 0 Å². The van der Waals surface area contributed by atoms with E-state index in [1.807, 2.05) is 6.92 Å². The smallest absolute Gasteiger partial charge is 0.411 e. The Bertz CT molecular complexity index is 3670. The maximum atomic E-state index is 12.3. The van der Waals surface area contributed by atoms with Crippen LogP contribution >= 0.6 is 0 Å². The third-order valence-corrected chi connectivity index (χ3v) is 13.7. The van der Waals surface area contributed by atoms with E-state index in [1.165, 1.54) is 66.8 Å². The molecule has 0 heterocycles. The van der Waals surface area contributed by atoms with Crippen molar-refractivity contribution in [2.24, 2.45) is 20.9 Å². The van der Waals surface area contributed by atoms with Crippen molar-refractivity contribution in [3.63, 3.8) is 0 Å². The molecule has 6 aromatic rings. The number of isocyanates is 3. The zero-order valence-electron chi connectivity index (χ0n) is 56.2. The number of esters is 8. The van der Waals surface area contributed by atoms with Gasteiger partial charge in [-0.3, -0.25) is 24.5 Å². The maximum absolute atomic E-state index is 12.3. The molecule has 6 aromatic carbocycles. The molecule has 0 spiro atoms. The molecular weight excluding hydrogens is 1350 g/mol. The fourth-order valence-electron chi connectivity index (χ4n) is 8.30. The number of benzene rings is 6. The van der Waals surface area contributed by atoms with Crippen LogP contribution in [0.4, 0.5) is 27.5 Å². The van der Waals surface area contributed by atoms with Gasteiger partial charge in [0.2, 0.25) is 18.2 Å². The Morgan fingerprint density at radius 2 is 0.583 bits per heavy atom. The highest BCUT2D eigenvalue weighted by Crippen LogP contribution is 2.18. The van der Waals surface area contributed by atoms with E-state index in [1.54, 1.807) is 97.1 Å². The lowest BCUT2D eigenvalue weighted by atomic mass is 10.1. The van der Waals surface area contributed by atoms with E-state index in [2.05, 4.69) is 20.3 Å². The summed E-state index contributed by atoms with van der Waals surface area (Å²) in [5.41, 5.74) is 5.49. The Labute approximate surface area is 591 Å². The molecule has 0 aliphatic heterocycles. The summed E-state index contributed by atoms with van der Waals surface area (Å²) >= 11 is 0. The lowest BCUT2D eigenvalue weighted by Crippen LogP contribution is -2.20. The van der Waals surface area contributed by atoms with Crippen LogP contribution in [0.15, 0.2) is 161 Å². The van der Waals surface area contributed by atoms with Gasteiger partial charge in [0.1, 0.15) is 52.9 Å². The molecule has 0 bridgehead atoms. The minimum Gasteiger partial charge on any atom is -0.463 e. The number of aliphatic imine (C=N–C) groups is 3. The second-order valence-electron chi connectivity index (χ2n) is 21.2. The van der Waals surface area contributed by atoms with Crippen LogP contribution in [0, 0.1) is 5.92 Å². The van der Waals surface area contributed by atoms with Crippen LogP contribution in [0.1, 0.15) is 77.0 Å². The SMILES string of the molecule is CCC(CO)COC(=O)Nc1ccc(CC(=O)OCCOCCOC(=O)c2ccc(C(=O)OCCOCCOC(=O)Cc3ccc(N=C=O)cc3)cc2)cc1.O=C=Nc1ccc(CC(=O)OCCOCCOC(=O)c2ccc(C(=O)OCCOCCOC(=O)Cc3ccc(N=C=O)cc3)cc2)cc1. The summed E-state index contributed by atoms with van der Waals surface area (Å²) in [4.78, 5) is 150. The summed E-state index contributed by atoms with van der Waals surface area (Å²) < 4.78 is 67.5. The van der Waals surface area contributed by atoms with Crippen LogP contribution in [-0.2, 0) is 121 Å². The molecule has 0 aromatic heterocycles. The van der Waals surface area contributed by atoms with Crippen molar-refractivity contribution in [2.75, 3.05) is 124 Å². The molecule has 103 heavy (non-hydrogen) atoms. The van der Waals surface area contributed by atoms with Gasteiger partial charge in [0.15, 0.2) is 0 Å². The molecule has 1 amide bonds. The van der Waals surface area contributed by atoms with Gasteiger partial charge in [-0.2, -0.15) is 15.0 Å². The first-order valence-corrected chi connectivity index (χ1v) is 32.0. The molecule has 0 aliphatic rings. The molecule has 0 aliphatic carbocycles. The van der Waals surface area contributed by atoms with E-state index >= 15 is 0 Å². The normalized spacial score (nSPS) is 10.6. The zero-order chi connectivity index (χ0) is 74.1. The van der Waals surface area contributed by atoms with Crippen LogP contribution in [0.2, 0.25) is 0 Å². The lowest BCUT2D eigenvalue weighted by Gasteiger charge is -2.12. The molecular formula is C73H76N4O26. The highest BCUT2D eigenvalue weighted by Gasteiger charge is 2.16. The number of amides is 1. The Morgan fingerprint density at radius 1 is 0.340 bits per heavy atom. The largest absolute Gasteiger partial charge is 0.463 e. The first kappa shape index (κ1) is 82.0. The van der Waals surface area contributed by atoms with Crippen molar-refractivity contribution in [3.8, 4) is 0 Å². The zero-order valence-corrected chi connectivity index (χ0v) is 56.2. The van der Waals surface area contributed by atoms with E-state index < -0.39 is 53.8 Å². The third-order valence-electron chi connectivity index (χ3n) is 13.7. The van der Waals surface area contributed by atoms with Gasteiger partial charge in [-0.05, 0) is 126 Å². The standard InChI is InChI=1S/C39H44N2O14.C34H32N2O12/c1-2-28(25-42)26-55-39(48)41-34-13-5-30(6-14-34)24-36(45)52-20-16-50-18-22-54-38(47)32-9-7-31(8-10-32)37(46)53-21-17-49-15-19-51-35(44)23-29-3-11-33(12-4-29)40-27-43;37-23-35-29-9-1-25(2-10-29)21-31(39)45-17-13-43-15-19-47-33(41)27-5-7-28(8-6-27)34(42)48-20-16-44-14-18-46-32(40)22-26-3-11-30(12-4-26)36-24-38/h3-14,28,42H,2,15-26H2,1H3,(H,41,48);1-12H,13-22H2. The second-order valence-corrected chi connectivity index (χ2v) is 21.2. The molecule has 30 heteroatoms. The summed E-state index contributed by atoms with van der Waals surface area (Å²) in [5, 5.41) is 11.8. The Balaban J connectivity index is 0.000000374.